The van der Waals surface area contributed by atoms with E-state index in [-0.39, 0.29) is 12.4 Å². The molecule has 0 radical (unpaired) electrons. The molecule has 3 aromatic rings. The van der Waals surface area contributed by atoms with E-state index in [1.54, 1.807) is 30.0 Å². The van der Waals surface area contributed by atoms with Crippen molar-refractivity contribution in [3.63, 3.8) is 0 Å². The molecule has 4 rings (SSSR count). The number of aromatic nitrogens is 3. The van der Waals surface area contributed by atoms with E-state index in [0.717, 1.165) is 5.56 Å². The fraction of sp³-hybridized carbons (Fsp3) is 0.348. The number of methoxy groups -OCH3 is 1. The molecule has 1 fully saturated rings. The molecule has 2 atom stereocenters. The first-order chi connectivity index (χ1) is 15.9. The van der Waals surface area contributed by atoms with Crippen LogP contribution in [0.4, 0.5) is 10.1 Å². The number of nitrogens with one attached hydrogen (secondary N) is 1. The average molecular weight is 475 g/mol. The minimum absolute atomic E-state index is 0.00716. The standard InChI is InChI=1S/C23H24ClFN4O4/c1-3-32-11-12-33-22-27-20(15-7-9-18(31-2)10-8-15)29(28-22)17-6-4-5-16(13-17)26-21(30)23(24)14-19(23)25/h4-10,13,19H,3,11-12,14H2,1-2H3,(H,26,30)/t19-,23-/m0/s1. The molecule has 0 aliphatic heterocycles. The fourth-order valence-electron chi connectivity index (χ4n) is 3.18. The molecule has 0 bridgehead atoms. The number of hydrogen-bond acceptors (Lipinski definition) is 6. The van der Waals surface area contributed by atoms with Gasteiger partial charge in [0, 0.05) is 24.3 Å². The van der Waals surface area contributed by atoms with E-state index >= 15 is 0 Å². The summed E-state index contributed by atoms with van der Waals surface area (Å²) in [5, 5.41) is 7.17. The van der Waals surface area contributed by atoms with E-state index in [1.165, 1.54) is 0 Å². The summed E-state index contributed by atoms with van der Waals surface area (Å²) in [6, 6.07) is 14.5. The van der Waals surface area contributed by atoms with Crippen molar-refractivity contribution >= 4 is 23.2 Å². The topological polar surface area (TPSA) is 87.5 Å². The summed E-state index contributed by atoms with van der Waals surface area (Å²) >= 11 is 6.00. The van der Waals surface area contributed by atoms with Crippen molar-refractivity contribution in [2.45, 2.75) is 24.4 Å². The monoisotopic (exact) mass is 474 g/mol. The molecule has 0 unspecified atom stereocenters. The van der Waals surface area contributed by atoms with E-state index in [9.17, 15) is 9.18 Å². The Labute approximate surface area is 195 Å². The van der Waals surface area contributed by atoms with Crippen molar-refractivity contribution in [2.24, 2.45) is 0 Å². The minimum atomic E-state index is -1.49. The highest BCUT2D eigenvalue weighted by molar-refractivity contribution is 6.39. The van der Waals surface area contributed by atoms with Gasteiger partial charge in [-0.3, -0.25) is 4.79 Å². The first kappa shape index (κ1) is 23.0. The summed E-state index contributed by atoms with van der Waals surface area (Å²) in [5.74, 6) is 0.680. The van der Waals surface area contributed by atoms with Crippen LogP contribution in [0.15, 0.2) is 48.5 Å². The van der Waals surface area contributed by atoms with Crippen LogP contribution >= 0.6 is 11.6 Å². The summed E-state index contributed by atoms with van der Waals surface area (Å²) in [5.41, 5.74) is 1.88. The highest BCUT2D eigenvalue weighted by Gasteiger charge is 2.60. The van der Waals surface area contributed by atoms with E-state index in [4.69, 9.17) is 25.8 Å². The van der Waals surface area contributed by atoms with E-state index in [1.807, 2.05) is 37.3 Å². The number of carbonyl (C=O) groups is 1. The van der Waals surface area contributed by atoms with Crippen LogP contribution in [-0.4, -0.2) is 58.6 Å². The molecule has 0 saturated heterocycles. The number of anilines is 1. The van der Waals surface area contributed by atoms with Gasteiger partial charge in [0.15, 0.2) is 10.7 Å². The Hall–Kier alpha value is -3.17. The predicted molar refractivity (Wildman–Crippen MR) is 122 cm³/mol. The van der Waals surface area contributed by atoms with Crippen molar-refractivity contribution in [3.05, 3.63) is 48.5 Å². The van der Waals surface area contributed by atoms with Gasteiger partial charge >= 0.3 is 6.01 Å². The third-order valence-corrected chi connectivity index (χ3v) is 5.70. The van der Waals surface area contributed by atoms with E-state index in [0.29, 0.717) is 42.8 Å². The lowest BCUT2D eigenvalue weighted by atomic mass is 10.2. The van der Waals surface area contributed by atoms with E-state index < -0.39 is 17.0 Å². The number of carbonyl (C=O) groups excluding carboxylic acids is 1. The van der Waals surface area contributed by atoms with Crippen molar-refractivity contribution in [3.8, 4) is 28.8 Å². The number of rotatable bonds is 10. The molecule has 1 amide bonds. The summed E-state index contributed by atoms with van der Waals surface area (Å²) < 4.78 is 31.3. The maximum Gasteiger partial charge on any atom is 0.336 e. The Bertz CT molecular complexity index is 1120. The van der Waals surface area contributed by atoms with Crippen LogP contribution in [0.1, 0.15) is 13.3 Å². The molecule has 1 aromatic heterocycles. The molecular formula is C23H24ClFN4O4. The minimum Gasteiger partial charge on any atom is -0.497 e. The highest BCUT2D eigenvalue weighted by atomic mass is 35.5. The van der Waals surface area contributed by atoms with Crippen LogP contribution in [0.2, 0.25) is 0 Å². The lowest BCUT2D eigenvalue weighted by Gasteiger charge is -2.11. The molecule has 1 aliphatic rings. The zero-order valence-corrected chi connectivity index (χ0v) is 19.0. The quantitative estimate of drug-likeness (QED) is 0.353. The zero-order valence-electron chi connectivity index (χ0n) is 18.3. The summed E-state index contributed by atoms with van der Waals surface area (Å²) in [4.78, 5) is 15.4. The Kier molecular flexibility index (Phi) is 6.80. The normalized spacial score (nSPS) is 19.2. The second-order valence-electron chi connectivity index (χ2n) is 7.44. The Morgan fingerprint density at radius 1 is 1.27 bits per heavy atom. The Morgan fingerprint density at radius 2 is 2.03 bits per heavy atom. The smallest absolute Gasteiger partial charge is 0.336 e. The van der Waals surface area contributed by atoms with Crippen LogP contribution in [0.5, 0.6) is 11.8 Å². The fourth-order valence-corrected chi connectivity index (χ4v) is 3.37. The lowest BCUT2D eigenvalue weighted by Crippen LogP contribution is -2.27. The SMILES string of the molecule is CCOCCOc1nc(-c2ccc(OC)cc2)n(-c2cccc(NC(=O)[C@]3(Cl)C[C@@H]3F)c2)n1. The molecule has 10 heteroatoms. The predicted octanol–water partition coefficient (Wildman–Crippen LogP) is 4.02. The third-order valence-electron chi connectivity index (χ3n) is 5.14. The maximum absolute atomic E-state index is 13.5. The Morgan fingerprint density at radius 3 is 2.70 bits per heavy atom. The second kappa shape index (κ2) is 9.76. The molecule has 33 heavy (non-hydrogen) atoms. The largest absolute Gasteiger partial charge is 0.497 e. The number of hydrogen-bond donors (Lipinski definition) is 1. The van der Waals surface area contributed by atoms with Gasteiger partial charge in [0.2, 0.25) is 5.91 Å². The molecule has 8 nitrogen and oxygen atoms in total. The van der Waals surface area contributed by atoms with Crippen LogP contribution in [0.3, 0.4) is 0 Å². The van der Waals surface area contributed by atoms with Gasteiger partial charge in [-0.15, -0.1) is 16.7 Å². The van der Waals surface area contributed by atoms with Gasteiger partial charge in [-0.25, -0.2) is 9.07 Å². The summed E-state index contributed by atoms with van der Waals surface area (Å²) in [6.45, 7) is 3.22. The number of halogens is 2. The molecule has 2 aromatic carbocycles. The molecule has 1 aliphatic carbocycles. The lowest BCUT2D eigenvalue weighted by molar-refractivity contribution is -0.116. The van der Waals surface area contributed by atoms with Crippen LogP contribution in [0.25, 0.3) is 17.1 Å². The van der Waals surface area contributed by atoms with Gasteiger partial charge in [0.05, 0.1) is 19.4 Å². The summed E-state index contributed by atoms with van der Waals surface area (Å²) in [6.07, 6.45) is -1.33. The first-order valence-corrected chi connectivity index (χ1v) is 10.9. The second-order valence-corrected chi connectivity index (χ2v) is 8.12. The Balaban J connectivity index is 1.63. The number of benzene rings is 2. The van der Waals surface area contributed by atoms with Gasteiger partial charge in [0.1, 0.15) is 18.5 Å². The number of amides is 1. The van der Waals surface area contributed by atoms with Gasteiger partial charge < -0.3 is 19.5 Å². The van der Waals surface area contributed by atoms with Gasteiger partial charge in [-0.1, -0.05) is 6.07 Å². The van der Waals surface area contributed by atoms with E-state index in [2.05, 4.69) is 15.4 Å². The van der Waals surface area contributed by atoms with Crippen molar-refractivity contribution in [1.82, 2.24) is 14.8 Å². The maximum atomic E-state index is 13.5. The van der Waals surface area contributed by atoms with Gasteiger partial charge in [0.25, 0.3) is 0 Å². The van der Waals surface area contributed by atoms with Crippen molar-refractivity contribution < 1.29 is 23.4 Å². The zero-order chi connectivity index (χ0) is 23.4. The van der Waals surface area contributed by atoms with Crippen LogP contribution in [0, 0.1) is 0 Å². The van der Waals surface area contributed by atoms with Gasteiger partial charge in [-0.05, 0) is 49.4 Å². The van der Waals surface area contributed by atoms with Crippen LogP contribution < -0.4 is 14.8 Å². The summed E-state index contributed by atoms with van der Waals surface area (Å²) in [7, 11) is 1.60. The molecule has 1 saturated carbocycles. The number of nitrogens with zero attached hydrogens (tertiary/aromatic N) is 3. The van der Waals surface area contributed by atoms with Crippen LogP contribution in [-0.2, 0) is 9.53 Å². The molecule has 1 N–H and O–H groups in total. The highest BCUT2D eigenvalue weighted by Crippen LogP contribution is 2.46. The average Bonchev–Trinajstić information content (AvgIpc) is 3.25. The molecule has 1 heterocycles. The third kappa shape index (κ3) is 5.09. The first-order valence-electron chi connectivity index (χ1n) is 10.5. The van der Waals surface area contributed by atoms with Gasteiger partial charge in [-0.2, -0.15) is 4.98 Å². The molecular weight excluding hydrogens is 451 g/mol. The number of alkyl halides is 2. The molecule has 0 spiro atoms. The van der Waals surface area contributed by atoms with Crippen molar-refractivity contribution in [1.29, 1.82) is 0 Å². The van der Waals surface area contributed by atoms with Crippen molar-refractivity contribution in [2.75, 3.05) is 32.2 Å². The number of ether oxygens (including phenoxy) is 3. The molecule has 174 valence electrons.